The lowest BCUT2D eigenvalue weighted by Gasteiger charge is -2.43. The van der Waals surface area contributed by atoms with Crippen LogP contribution in [-0.4, -0.2) is 185 Å². The molecule has 3 saturated carbocycles. The van der Waals surface area contributed by atoms with Crippen LogP contribution in [0.15, 0.2) is 54.6 Å². The molecule has 5 heterocycles. The number of hydrogen-bond acceptors (Lipinski definition) is 17. The van der Waals surface area contributed by atoms with Crippen molar-refractivity contribution in [3.05, 3.63) is 77.9 Å². The average molecular weight is 1410 g/mol. The van der Waals surface area contributed by atoms with E-state index in [1.165, 1.54) is 6.07 Å². The second-order valence-electron chi connectivity index (χ2n) is 28.2. The number of nitrogens with one attached hydrogen (secondary N) is 2. The van der Waals surface area contributed by atoms with Crippen LogP contribution >= 0.6 is 0 Å². The van der Waals surface area contributed by atoms with E-state index in [0.29, 0.717) is 142 Å². The van der Waals surface area contributed by atoms with E-state index in [9.17, 15) is 45.5 Å². The topological polar surface area (TPSA) is 252 Å². The van der Waals surface area contributed by atoms with Crippen molar-refractivity contribution in [3.8, 4) is 34.5 Å². The molecular formula is C71H99F6N13O10. The molecule has 11 rings (SSSR count). The second-order valence-corrected chi connectivity index (χ2v) is 28.2. The van der Waals surface area contributed by atoms with Crippen LogP contribution in [0.2, 0.25) is 0 Å². The fraction of sp³-hybridized carbons (Fsp3) is 0.634. The standard InChI is InChI=1S/C25H35F2N5O3.C24H33F2N5O3.C22H31F2N3O4/c1-16(2)12-19-15-31(10-11-32(19)24(33)14-23-28-17(3)29-30-23)18-8-9-21(35-25(26)27)22(13-18)34-20-6-4-5-7-20;1-15(2)10-19-13-30(8-9-31(19)23(32)12-22-27-16(3)28-29-22)18-6-7-20(34-24(25)26)21(11-18)33-14-17-4-5-17;1-14(2)9-17-12-26(7-8-27(17)21(29)11-20(25)28)16-5-6-18(31-22(23)24)19(10-16)30-13-15-3-4-15/h8-9,13,16,19-20,25H,4-7,10-12,14-15H2,1-3H3,(H,28,29,30);6-7,11,15,17,19,24H,4-5,8-10,12-14H2,1-3H3,(H,27,28,29);5-6,10,14-15,17,22H,3-4,7-9,11-13H2,1-2H3,(H2,25,28)/t2*19-;17-/m000/s1. The molecule has 2 aromatic heterocycles. The molecule has 29 heteroatoms. The minimum Gasteiger partial charge on any atom is -0.489 e. The van der Waals surface area contributed by atoms with Crippen molar-refractivity contribution in [2.45, 2.75) is 189 Å². The first-order valence-electron chi connectivity index (χ1n) is 35.2. The van der Waals surface area contributed by atoms with E-state index in [1.807, 2.05) is 23.6 Å². The Morgan fingerprint density at radius 3 is 1.16 bits per heavy atom. The van der Waals surface area contributed by atoms with Gasteiger partial charge in [0.1, 0.15) is 18.1 Å². The summed E-state index contributed by atoms with van der Waals surface area (Å²) >= 11 is 0. The molecule has 0 unspecified atom stereocenters. The molecule has 0 spiro atoms. The van der Waals surface area contributed by atoms with Gasteiger partial charge >= 0.3 is 19.8 Å². The zero-order valence-corrected chi connectivity index (χ0v) is 58.7. The van der Waals surface area contributed by atoms with E-state index in [2.05, 4.69) is 96.1 Å². The summed E-state index contributed by atoms with van der Waals surface area (Å²) < 4.78 is 109. The van der Waals surface area contributed by atoms with Gasteiger partial charge in [0.15, 0.2) is 46.1 Å². The predicted molar refractivity (Wildman–Crippen MR) is 364 cm³/mol. The molecule has 3 atom stereocenters. The molecule has 4 amide bonds. The maximum Gasteiger partial charge on any atom is 0.387 e. The number of ether oxygens (including phenoxy) is 6. The second kappa shape index (κ2) is 35.8. The highest BCUT2D eigenvalue weighted by Gasteiger charge is 2.36. The third-order valence-electron chi connectivity index (χ3n) is 18.3. The number of piperazine rings is 3. The Bertz CT molecular complexity index is 3460. The Morgan fingerprint density at radius 1 is 0.490 bits per heavy atom. The number of nitrogens with zero attached hydrogens (tertiary/aromatic N) is 10. The van der Waals surface area contributed by atoms with Crippen LogP contribution in [0.3, 0.4) is 0 Å². The van der Waals surface area contributed by atoms with Gasteiger partial charge in [0.25, 0.3) is 0 Å². The molecule has 4 N–H and O–H groups in total. The third kappa shape index (κ3) is 23.1. The number of aromatic nitrogens is 6. The number of primary amides is 1. The average Bonchev–Trinajstić information content (AvgIpc) is 1.12. The van der Waals surface area contributed by atoms with Gasteiger partial charge in [-0.1, -0.05) is 41.5 Å². The summed E-state index contributed by atoms with van der Waals surface area (Å²) in [6.07, 6.45) is 10.9. The number of hydrogen-bond donors (Lipinski definition) is 3. The number of aromatic amines is 2. The summed E-state index contributed by atoms with van der Waals surface area (Å²) in [5, 5.41) is 13.8. The summed E-state index contributed by atoms with van der Waals surface area (Å²) in [6, 6.07) is 15.2. The number of halogens is 6. The molecular weight excluding hydrogens is 1310 g/mol. The van der Waals surface area contributed by atoms with Gasteiger partial charge in [0.05, 0.1) is 32.2 Å². The first-order valence-corrected chi connectivity index (χ1v) is 35.2. The Hall–Kier alpha value is -8.40. The summed E-state index contributed by atoms with van der Waals surface area (Å²) in [5.74, 6) is 4.76. The summed E-state index contributed by atoms with van der Waals surface area (Å²) in [4.78, 5) is 70.5. The number of alkyl halides is 6. The lowest BCUT2D eigenvalue weighted by atomic mass is 9.99. The highest BCUT2D eigenvalue weighted by atomic mass is 19.3. The van der Waals surface area contributed by atoms with Crippen LogP contribution in [0, 0.1) is 43.4 Å². The first-order chi connectivity index (χ1) is 47.8. The molecule has 0 bridgehead atoms. The first kappa shape index (κ1) is 75.8. The van der Waals surface area contributed by atoms with Gasteiger partial charge in [-0.25, -0.2) is 9.97 Å². The Balaban J connectivity index is 0.000000175. The SMILES string of the molecule is CC(C)C[C@H]1CN(c2ccc(OC(F)F)c(OCC3CC3)c2)CCN1C(=O)CC(N)=O.Cc1nc(CC(=O)N2CCN(c3ccc(OC(F)F)c(OC4CCCC4)c3)C[C@@H]2CC(C)C)n[nH]1.Cc1nc(CC(=O)N2CCN(c3ccc(OC(F)F)c(OCC4CC4)c3)C[C@@H]2CC(C)C)n[nH]1. The summed E-state index contributed by atoms with van der Waals surface area (Å²) in [5.41, 5.74) is 7.78. The number of carbonyl (C=O) groups excluding carboxylic acids is 4. The third-order valence-corrected chi connectivity index (χ3v) is 18.3. The number of nitrogens with two attached hydrogens (primary N) is 1. The van der Waals surface area contributed by atoms with E-state index in [0.717, 1.165) is 87.7 Å². The number of benzene rings is 3. The highest BCUT2D eigenvalue weighted by molar-refractivity contribution is 5.96. The highest BCUT2D eigenvalue weighted by Crippen LogP contribution is 2.41. The number of amides is 4. The van der Waals surface area contributed by atoms with Gasteiger partial charge in [-0.05, 0) is 150 Å². The molecule has 3 aliphatic heterocycles. The molecule has 550 valence electrons. The normalized spacial score (nSPS) is 18.9. The van der Waals surface area contributed by atoms with Gasteiger partial charge in [-0.15, -0.1) is 0 Å². The fourth-order valence-electron chi connectivity index (χ4n) is 13.3. The van der Waals surface area contributed by atoms with Gasteiger partial charge in [-0.2, -0.15) is 36.5 Å². The smallest absolute Gasteiger partial charge is 0.387 e. The number of rotatable bonds is 29. The van der Waals surface area contributed by atoms with Crippen LogP contribution < -0.4 is 48.9 Å². The lowest BCUT2D eigenvalue weighted by Crippen LogP contribution is -2.56. The van der Waals surface area contributed by atoms with Crippen LogP contribution in [0.4, 0.5) is 43.4 Å². The number of aryl methyl sites for hydroxylation is 2. The Kier molecular flexibility index (Phi) is 27.1. The van der Waals surface area contributed by atoms with Crippen molar-refractivity contribution < 1.29 is 73.9 Å². The molecule has 100 heavy (non-hydrogen) atoms. The predicted octanol–water partition coefficient (Wildman–Crippen LogP) is 11.2. The minimum atomic E-state index is -2.93. The number of anilines is 3. The van der Waals surface area contributed by atoms with E-state index >= 15 is 0 Å². The van der Waals surface area contributed by atoms with E-state index in [4.69, 9.17) is 24.7 Å². The Morgan fingerprint density at radius 2 is 0.840 bits per heavy atom. The van der Waals surface area contributed by atoms with Gasteiger partial charge in [-0.3, -0.25) is 29.4 Å². The van der Waals surface area contributed by atoms with Crippen LogP contribution in [0.5, 0.6) is 34.5 Å². The number of H-pyrrole nitrogens is 2. The van der Waals surface area contributed by atoms with Gasteiger partial charge in [0, 0.05) is 112 Å². The quantitative estimate of drug-likeness (QED) is 0.0297. The minimum absolute atomic E-state index is 0.0124. The number of carbonyl (C=O) groups is 4. The van der Waals surface area contributed by atoms with Crippen LogP contribution in [-0.2, 0) is 32.0 Å². The van der Waals surface area contributed by atoms with Gasteiger partial charge < -0.3 is 63.6 Å². The fourth-order valence-corrected chi connectivity index (χ4v) is 13.3. The van der Waals surface area contributed by atoms with Crippen LogP contribution in [0.1, 0.15) is 142 Å². The summed E-state index contributed by atoms with van der Waals surface area (Å²) in [6.45, 7) is 13.8. The van der Waals surface area contributed by atoms with E-state index < -0.39 is 25.7 Å². The van der Waals surface area contributed by atoms with Crippen molar-refractivity contribution in [1.29, 1.82) is 0 Å². The molecule has 3 aliphatic carbocycles. The van der Waals surface area contributed by atoms with Gasteiger partial charge in [0.2, 0.25) is 23.6 Å². The summed E-state index contributed by atoms with van der Waals surface area (Å²) in [7, 11) is 0. The van der Waals surface area contributed by atoms with Crippen molar-refractivity contribution in [2.75, 3.05) is 86.8 Å². The van der Waals surface area contributed by atoms with Crippen molar-refractivity contribution in [1.82, 2.24) is 45.1 Å². The molecule has 3 saturated heterocycles. The maximum absolute atomic E-state index is 13.1. The van der Waals surface area contributed by atoms with E-state index in [-0.39, 0.29) is 78.5 Å². The largest absolute Gasteiger partial charge is 0.489 e. The van der Waals surface area contributed by atoms with Crippen LogP contribution in [0.25, 0.3) is 0 Å². The Labute approximate surface area is 581 Å². The van der Waals surface area contributed by atoms with Crippen molar-refractivity contribution in [3.63, 3.8) is 0 Å². The van der Waals surface area contributed by atoms with Crippen molar-refractivity contribution >= 4 is 40.7 Å². The zero-order chi connectivity index (χ0) is 71.7. The van der Waals surface area contributed by atoms with Crippen molar-refractivity contribution in [2.24, 2.45) is 35.3 Å². The molecule has 6 aliphatic rings. The molecule has 5 aromatic rings. The molecule has 0 radical (unpaired) electrons. The molecule has 23 nitrogen and oxygen atoms in total. The monoisotopic (exact) mass is 1410 g/mol. The lowest BCUT2D eigenvalue weighted by molar-refractivity contribution is -0.138. The van der Waals surface area contributed by atoms with E-state index in [1.54, 1.807) is 53.4 Å². The molecule has 3 aromatic carbocycles. The maximum atomic E-state index is 13.1. The molecule has 6 fully saturated rings. The zero-order valence-electron chi connectivity index (χ0n) is 58.7.